The second-order valence-electron chi connectivity index (χ2n) is 5.84. The van der Waals surface area contributed by atoms with Gasteiger partial charge in [-0.1, -0.05) is 6.92 Å². The van der Waals surface area contributed by atoms with Gasteiger partial charge in [-0.3, -0.25) is 13.9 Å². The van der Waals surface area contributed by atoms with Gasteiger partial charge in [0.25, 0.3) is 5.91 Å². The normalized spacial score (nSPS) is 15.1. The highest BCUT2D eigenvalue weighted by Gasteiger charge is 2.26. The number of rotatable bonds is 6. The maximum absolute atomic E-state index is 12.1. The Hall–Kier alpha value is -2.09. The highest BCUT2D eigenvalue weighted by Crippen LogP contribution is 2.30. The summed E-state index contributed by atoms with van der Waals surface area (Å²) in [6.07, 6.45) is 1.72. The van der Waals surface area contributed by atoms with Crippen LogP contribution < -0.4 is 9.62 Å². The van der Waals surface area contributed by atoms with E-state index in [9.17, 15) is 18.0 Å². The number of sulfonamides is 1. The number of nitrogens with one attached hydrogen (secondary N) is 1. The molecule has 23 heavy (non-hydrogen) atoms. The van der Waals surface area contributed by atoms with E-state index in [4.69, 9.17) is 5.11 Å². The molecule has 1 aliphatic heterocycles. The highest BCUT2D eigenvalue weighted by atomic mass is 32.2. The lowest BCUT2D eigenvalue weighted by Crippen LogP contribution is -2.29. The summed E-state index contributed by atoms with van der Waals surface area (Å²) in [6.45, 7) is 2.41. The summed E-state index contributed by atoms with van der Waals surface area (Å²) < 4.78 is 24.7. The minimum atomic E-state index is -3.30. The van der Waals surface area contributed by atoms with Gasteiger partial charge < -0.3 is 10.4 Å². The van der Waals surface area contributed by atoms with Crippen molar-refractivity contribution in [2.45, 2.75) is 19.8 Å². The van der Waals surface area contributed by atoms with Crippen LogP contribution in [0.2, 0.25) is 0 Å². The molecule has 1 heterocycles. The van der Waals surface area contributed by atoms with Crippen molar-refractivity contribution in [2.24, 2.45) is 5.92 Å². The molecule has 1 aliphatic rings. The molecule has 1 unspecified atom stereocenters. The van der Waals surface area contributed by atoms with E-state index in [2.05, 4.69) is 5.32 Å². The van der Waals surface area contributed by atoms with Crippen molar-refractivity contribution >= 4 is 27.6 Å². The molecule has 0 radical (unpaired) electrons. The summed E-state index contributed by atoms with van der Waals surface area (Å²) in [6, 6.07) is 4.91. The van der Waals surface area contributed by atoms with Crippen molar-refractivity contribution in [2.75, 3.05) is 23.7 Å². The molecular weight excluding hydrogens is 320 g/mol. The average molecular weight is 340 g/mol. The zero-order valence-electron chi connectivity index (χ0n) is 13.1. The number of hydrogen-bond acceptors (Lipinski definition) is 4. The van der Waals surface area contributed by atoms with Gasteiger partial charge in [0, 0.05) is 25.1 Å². The Balaban J connectivity index is 2.05. The largest absolute Gasteiger partial charge is 0.481 e. The van der Waals surface area contributed by atoms with Crippen LogP contribution in [0.4, 0.5) is 5.69 Å². The maximum atomic E-state index is 12.1. The molecule has 1 aromatic rings. The monoisotopic (exact) mass is 340 g/mol. The number of nitrogens with zero attached hydrogens (tertiary/aromatic N) is 1. The lowest BCUT2D eigenvalue weighted by molar-refractivity contribution is -0.137. The third kappa shape index (κ3) is 4.22. The van der Waals surface area contributed by atoms with E-state index in [0.29, 0.717) is 24.2 Å². The molecule has 1 amide bonds. The topological polar surface area (TPSA) is 104 Å². The second-order valence-corrected chi connectivity index (χ2v) is 7.75. The number of carboxylic acid groups (broad SMARTS) is 1. The van der Waals surface area contributed by atoms with Crippen LogP contribution >= 0.6 is 0 Å². The Morgan fingerprint density at radius 2 is 2.09 bits per heavy atom. The lowest BCUT2D eigenvalue weighted by Gasteiger charge is -2.16. The predicted octanol–water partition coefficient (Wildman–Crippen LogP) is 0.849. The number of fused-ring (bicyclic) bond motifs is 1. The van der Waals surface area contributed by atoms with Gasteiger partial charge in [-0.25, -0.2) is 8.42 Å². The maximum Gasteiger partial charge on any atom is 0.303 e. The molecule has 0 bridgehead atoms. The van der Waals surface area contributed by atoms with Crippen molar-refractivity contribution in [1.29, 1.82) is 0 Å². The van der Waals surface area contributed by atoms with Crippen molar-refractivity contribution < 1.29 is 23.1 Å². The molecule has 0 fully saturated rings. The fourth-order valence-corrected chi connectivity index (χ4v) is 3.55. The Morgan fingerprint density at radius 1 is 1.39 bits per heavy atom. The molecule has 8 heteroatoms. The first kappa shape index (κ1) is 17.3. The van der Waals surface area contributed by atoms with Gasteiger partial charge in [0.2, 0.25) is 10.0 Å². The molecule has 2 N–H and O–H groups in total. The molecule has 1 aromatic carbocycles. The predicted molar refractivity (Wildman–Crippen MR) is 86.1 cm³/mol. The van der Waals surface area contributed by atoms with Crippen molar-refractivity contribution in [3.05, 3.63) is 29.3 Å². The van der Waals surface area contributed by atoms with Gasteiger partial charge in [0.1, 0.15) is 0 Å². The van der Waals surface area contributed by atoms with Crippen LogP contribution in [-0.4, -0.2) is 44.7 Å². The molecule has 0 saturated heterocycles. The first-order valence-electron chi connectivity index (χ1n) is 7.29. The number of carboxylic acids is 1. The van der Waals surface area contributed by atoms with Crippen LogP contribution in [0.1, 0.15) is 29.3 Å². The van der Waals surface area contributed by atoms with Gasteiger partial charge in [0.15, 0.2) is 0 Å². The summed E-state index contributed by atoms with van der Waals surface area (Å²) in [4.78, 5) is 22.7. The number of carbonyl (C=O) groups is 2. The summed E-state index contributed by atoms with van der Waals surface area (Å²) in [5.74, 6) is -1.35. The van der Waals surface area contributed by atoms with E-state index >= 15 is 0 Å². The van der Waals surface area contributed by atoms with E-state index in [1.807, 2.05) is 0 Å². The Labute approximate surface area is 135 Å². The van der Waals surface area contributed by atoms with E-state index in [1.54, 1.807) is 25.1 Å². The van der Waals surface area contributed by atoms with Crippen LogP contribution in [0.3, 0.4) is 0 Å². The lowest BCUT2D eigenvalue weighted by atomic mass is 10.1. The second kappa shape index (κ2) is 6.57. The Bertz CT molecular complexity index is 729. The third-order valence-electron chi connectivity index (χ3n) is 3.73. The summed E-state index contributed by atoms with van der Waals surface area (Å²) in [5, 5.41) is 11.4. The van der Waals surface area contributed by atoms with E-state index in [0.717, 1.165) is 11.8 Å². The first-order valence-corrected chi connectivity index (χ1v) is 9.14. The number of hydrogen-bond donors (Lipinski definition) is 2. The quantitative estimate of drug-likeness (QED) is 0.799. The Morgan fingerprint density at radius 3 is 2.70 bits per heavy atom. The Kier molecular flexibility index (Phi) is 4.93. The molecule has 1 atom stereocenters. The van der Waals surface area contributed by atoms with Crippen LogP contribution in [0, 0.1) is 5.92 Å². The van der Waals surface area contributed by atoms with Crippen LogP contribution in [0.25, 0.3) is 0 Å². The highest BCUT2D eigenvalue weighted by molar-refractivity contribution is 7.92. The molecule has 0 saturated carbocycles. The first-order chi connectivity index (χ1) is 10.7. The molecule has 126 valence electrons. The van der Waals surface area contributed by atoms with Crippen LogP contribution in [0.5, 0.6) is 0 Å². The molecule has 0 aliphatic carbocycles. The average Bonchev–Trinajstić information content (AvgIpc) is 2.86. The SMILES string of the molecule is CC(CNC(=O)c1ccc2c(c1)CCN2S(C)(=O)=O)CC(=O)O. The number of amides is 1. The fraction of sp³-hybridized carbons (Fsp3) is 0.467. The van der Waals surface area contributed by atoms with E-state index < -0.39 is 16.0 Å². The summed E-state index contributed by atoms with van der Waals surface area (Å²) in [7, 11) is -3.30. The van der Waals surface area contributed by atoms with Crippen molar-refractivity contribution in [1.82, 2.24) is 5.32 Å². The van der Waals surface area contributed by atoms with Gasteiger partial charge in [-0.2, -0.15) is 0 Å². The standard InChI is InChI=1S/C15H20N2O5S/c1-10(7-14(18)19)9-16-15(20)12-3-4-13-11(8-12)5-6-17(13)23(2,21)22/h3-4,8,10H,5-7,9H2,1-2H3,(H,16,20)(H,18,19). The molecule has 0 spiro atoms. The zero-order chi connectivity index (χ0) is 17.2. The minimum Gasteiger partial charge on any atom is -0.481 e. The van der Waals surface area contributed by atoms with Crippen LogP contribution in [-0.2, 0) is 21.2 Å². The smallest absolute Gasteiger partial charge is 0.303 e. The van der Waals surface area contributed by atoms with E-state index in [-0.39, 0.29) is 24.8 Å². The van der Waals surface area contributed by atoms with Gasteiger partial charge in [0.05, 0.1) is 11.9 Å². The third-order valence-corrected chi connectivity index (χ3v) is 4.91. The number of benzene rings is 1. The van der Waals surface area contributed by atoms with Crippen molar-refractivity contribution in [3.8, 4) is 0 Å². The fourth-order valence-electron chi connectivity index (χ4n) is 2.60. The molecule has 7 nitrogen and oxygen atoms in total. The van der Waals surface area contributed by atoms with Crippen molar-refractivity contribution in [3.63, 3.8) is 0 Å². The number of anilines is 1. The number of aliphatic carboxylic acids is 1. The van der Waals surface area contributed by atoms with Gasteiger partial charge in [-0.15, -0.1) is 0 Å². The summed E-state index contributed by atoms with van der Waals surface area (Å²) in [5.41, 5.74) is 1.88. The van der Waals surface area contributed by atoms with E-state index in [1.165, 1.54) is 4.31 Å². The van der Waals surface area contributed by atoms with Gasteiger partial charge in [-0.05, 0) is 36.1 Å². The summed E-state index contributed by atoms with van der Waals surface area (Å²) >= 11 is 0. The van der Waals surface area contributed by atoms with Crippen LogP contribution in [0.15, 0.2) is 18.2 Å². The molecule has 2 rings (SSSR count). The minimum absolute atomic E-state index is 0.00616. The number of carbonyl (C=O) groups excluding carboxylic acids is 1. The zero-order valence-corrected chi connectivity index (χ0v) is 13.9. The van der Waals surface area contributed by atoms with Gasteiger partial charge >= 0.3 is 5.97 Å². The molecule has 0 aromatic heterocycles. The molecular formula is C15H20N2O5S.